The first kappa shape index (κ1) is 17.5. The molecule has 0 amide bonds. The molecule has 0 unspecified atom stereocenters. The van der Waals surface area contributed by atoms with Crippen LogP contribution < -0.4 is 4.74 Å². The number of rotatable bonds is 5. The first-order valence-electron chi connectivity index (χ1n) is 8.63. The van der Waals surface area contributed by atoms with Gasteiger partial charge in [-0.05, 0) is 60.2 Å². The molecule has 6 heteroatoms. The SMILES string of the molecule is COc1cc(C=Nc2ccc(-c3nnc(-c4ccccc4)o3)cc2)ccc1O. The van der Waals surface area contributed by atoms with Crippen molar-refractivity contribution < 1.29 is 14.3 Å². The van der Waals surface area contributed by atoms with E-state index in [1.807, 2.05) is 54.6 Å². The van der Waals surface area contributed by atoms with Crippen molar-refractivity contribution in [2.75, 3.05) is 7.11 Å². The van der Waals surface area contributed by atoms with E-state index in [9.17, 15) is 5.11 Å². The maximum atomic E-state index is 9.64. The number of hydrogen-bond donors (Lipinski definition) is 1. The number of phenolic OH excluding ortho intramolecular Hbond substituents is 1. The molecular formula is C22H17N3O3. The van der Waals surface area contributed by atoms with E-state index in [-0.39, 0.29) is 5.75 Å². The Labute approximate surface area is 161 Å². The zero-order valence-electron chi connectivity index (χ0n) is 15.1. The monoisotopic (exact) mass is 371 g/mol. The Morgan fingerprint density at radius 3 is 2.25 bits per heavy atom. The average molecular weight is 371 g/mol. The summed E-state index contributed by atoms with van der Waals surface area (Å²) in [5.41, 5.74) is 3.30. The van der Waals surface area contributed by atoms with Crippen LogP contribution in [0.3, 0.4) is 0 Å². The van der Waals surface area contributed by atoms with Gasteiger partial charge in [-0.3, -0.25) is 4.99 Å². The van der Waals surface area contributed by atoms with Crippen LogP contribution in [0.2, 0.25) is 0 Å². The molecule has 0 saturated carbocycles. The van der Waals surface area contributed by atoms with Gasteiger partial charge in [-0.15, -0.1) is 10.2 Å². The van der Waals surface area contributed by atoms with Gasteiger partial charge in [0.25, 0.3) is 0 Å². The van der Waals surface area contributed by atoms with E-state index < -0.39 is 0 Å². The van der Waals surface area contributed by atoms with Crippen LogP contribution in [0.1, 0.15) is 5.56 Å². The molecule has 138 valence electrons. The van der Waals surface area contributed by atoms with Crippen LogP contribution >= 0.6 is 0 Å². The summed E-state index contributed by atoms with van der Waals surface area (Å²) in [6.07, 6.45) is 1.71. The van der Waals surface area contributed by atoms with Crippen molar-refractivity contribution in [1.82, 2.24) is 10.2 Å². The summed E-state index contributed by atoms with van der Waals surface area (Å²) in [7, 11) is 1.51. The molecule has 0 aliphatic rings. The van der Waals surface area contributed by atoms with E-state index in [1.54, 1.807) is 24.4 Å². The Morgan fingerprint density at radius 1 is 0.893 bits per heavy atom. The summed E-state index contributed by atoms with van der Waals surface area (Å²) < 4.78 is 10.9. The second-order valence-electron chi connectivity index (χ2n) is 6.01. The molecule has 3 aromatic carbocycles. The minimum atomic E-state index is 0.0958. The summed E-state index contributed by atoms with van der Waals surface area (Å²) in [4.78, 5) is 4.44. The van der Waals surface area contributed by atoms with Crippen LogP contribution in [0.15, 0.2) is 82.2 Å². The van der Waals surface area contributed by atoms with Gasteiger partial charge in [0.2, 0.25) is 11.8 Å². The molecular weight excluding hydrogens is 354 g/mol. The number of hydrogen-bond acceptors (Lipinski definition) is 6. The maximum absolute atomic E-state index is 9.64. The largest absolute Gasteiger partial charge is 0.504 e. The zero-order valence-corrected chi connectivity index (χ0v) is 15.1. The highest BCUT2D eigenvalue weighted by molar-refractivity contribution is 5.83. The van der Waals surface area contributed by atoms with Crippen LogP contribution in [0.25, 0.3) is 22.9 Å². The molecule has 0 spiro atoms. The number of aromatic hydroxyl groups is 1. The number of aliphatic imine (C=N–C) groups is 1. The highest BCUT2D eigenvalue weighted by Crippen LogP contribution is 2.27. The Hall–Kier alpha value is -3.93. The lowest BCUT2D eigenvalue weighted by Gasteiger charge is -2.03. The summed E-state index contributed by atoms with van der Waals surface area (Å²) in [6, 6.07) is 22.2. The fourth-order valence-corrected chi connectivity index (χ4v) is 2.65. The molecule has 4 rings (SSSR count). The van der Waals surface area contributed by atoms with Gasteiger partial charge in [-0.2, -0.15) is 0 Å². The molecule has 28 heavy (non-hydrogen) atoms. The molecule has 0 aliphatic carbocycles. The number of ether oxygens (including phenoxy) is 1. The molecule has 0 atom stereocenters. The van der Waals surface area contributed by atoms with E-state index in [0.717, 1.165) is 22.4 Å². The van der Waals surface area contributed by atoms with Gasteiger partial charge >= 0.3 is 0 Å². The average Bonchev–Trinajstić information content (AvgIpc) is 3.24. The van der Waals surface area contributed by atoms with Crippen molar-refractivity contribution in [3.05, 3.63) is 78.4 Å². The van der Waals surface area contributed by atoms with Crippen LogP contribution in [-0.4, -0.2) is 28.6 Å². The third kappa shape index (κ3) is 3.76. The first-order valence-corrected chi connectivity index (χ1v) is 8.63. The molecule has 4 aromatic rings. The fourth-order valence-electron chi connectivity index (χ4n) is 2.65. The molecule has 0 radical (unpaired) electrons. The zero-order chi connectivity index (χ0) is 19.3. The fraction of sp³-hybridized carbons (Fsp3) is 0.0455. The first-order chi connectivity index (χ1) is 13.7. The summed E-state index contributed by atoms with van der Waals surface area (Å²) >= 11 is 0. The second kappa shape index (κ2) is 7.75. The van der Waals surface area contributed by atoms with Crippen molar-refractivity contribution in [2.45, 2.75) is 0 Å². The number of aromatic nitrogens is 2. The van der Waals surface area contributed by atoms with Crippen molar-refractivity contribution in [3.8, 4) is 34.4 Å². The lowest BCUT2D eigenvalue weighted by atomic mass is 10.2. The van der Waals surface area contributed by atoms with Crippen molar-refractivity contribution >= 4 is 11.9 Å². The lowest BCUT2D eigenvalue weighted by molar-refractivity contribution is 0.373. The quantitative estimate of drug-likeness (QED) is 0.506. The Balaban J connectivity index is 1.51. The topological polar surface area (TPSA) is 80.7 Å². The van der Waals surface area contributed by atoms with Gasteiger partial charge in [0, 0.05) is 17.3 Å². The third-order valence-corrected chi connectivity index (χ3v) is 4.13. The van der Waals surface area contributed by atoms with Gasteiger partial charge in [0.1, 0.15) is 0 Å². The summed E-state index contributed by atoms with van der Waals surface area (Å²) in [5.74, 6) is 1.44. The Morgan fingerprint density at radius 2 is 1.57 bits per heavy atom. The number of nitrogens with zero attached hydrogens (tertiary/aromatic N) is 3. The minimum absolute atomic E-state index is 0.0958. The number of benzene rings is 3. The predicted molar refractivity (Wildman–Crippen MR) is 107 cm³/mol. The van der Waals surface area contributed by atoms with Crippen molar-refractivity contribution in [1.29, 1.82) is 0 Å². The lowest BCUT2D eigenvalue weighted by Crippen LogP contribution is -1.86. The van der Waals surface area contributed by atoms with E-state index in [4.69, 9.17) is 9.15 Å². The minimum Gasteiger partial charge on any atom is -0.504 e. The van der Waals surface area contributed by atoms with Gasteiger partial charge < -0.3 is 14.3 Å². The van der Waals surface area contributed by atoms with Crippen LogP contribution in [0, 0.1) is 0 Å². The van der Waals surface area contributed by atoms with Gasteiger partial charge in [-0.25, -0.2) is 0 Å². The van der Waals surface area contributed by atoms with Crippen LogP contribution in [-0.2, 0) is 0 Å². The third-order valence-electron chi connectivity index (χ3n) is 4.13. The smallest absolute Gasteiger partial charge is 0.248 e. The molecule has 1 N–H and O–H groups in total. The van der Waals surface area contributed by atoms with Gasteiger partial charge in [-0.1, -0.05) is 18.2 Å². The Kier molecular flexibility index (Phi) is 4.84. The van der Waals surface area contributed by atoms with E-state index >= 15 is 0 Å². The highest BCUT2D eigenvalue weighted by atomic mass is 16.5. The standard InChI is InChI=1S/C22H17N3O3/c1-27-20-13-15(7-12-19(20)26)14-23-18-10-8-17(9-11-18)22-25-24-21(28-22)16-5-3-2-4-6-16/h2-14,26H,1H3. The molecule has 1 heterocycles. The maximum Gasteiger partial charge on any atom is 0.248 e. The molecule has 0 aliphatic heterocycles. The van der Waals surface area contributed by atoms with Crippen LogP contribution in [0.4, 0.5) is 5.69 Å². The van der Waals surface area contributed by atoms with E-state index in [1.165, 1.54) is 7.11 Å². The Bertz CT molecular complexity index is 1100. The second-order valence-corrected chi connectivity index (χ2v) is 6.01. The number of methoxy groups -OCH3 is 1. The number of phenols is 1. The van der Waals surface area contributed by atoms with Gasteiger partial charge in [0.15, 0.2) is 11.5 Å². The molecule has 0 fully saturated rings. The molecule has 1 aromatic heterocycles. The van der Waals surface area contributed by atoms with E-state index in [0.29, 0.717) is 17.5 Å². The molecule has 0 bridgehead atoms. The predicted octanol–water partition coefficient (Wildman–Crippen LogP) is 4.87. The molecule has 0 saturated heterocycles. The normalized spacial score (nSPS) is 11.0. The van der Waals surface area contributed by atoms with E-state index in [2.05, 4.69) is 15.2 Å². The summed E-state index contributed by atoms with van der Waals surface area (Å²) in [6.45, 7) is 0. The van der Waals surface area contributed by atoms with Gasteiger partial charge in [0.05, 0.1) is 12.8 Å². The van der Waals surface area contributed by atoms with Crippen molar-refractivity contribution in [2.24, 2.45) is 4.99 Å². The van der Waals surface area contributed by atoms with Crippen molar-refractivity contribution in [3.63, 3.8) is 0 Å². The highest BCUT2D eigenvalue weighted by Gasteiger charge is 2.10. The summed E-state index contributed by atoms with van der Waals surface area (Å²) in [5, 5.41) is 17.9. The van der Waals surface area contributed by atoms with Crippen LogP contribution in [0.5, 0.6) is 11.5 Å². The molecule has 6 nitrogen and oxygen atoms in total.